The van der Waals surface area contributed by atoms with Gasteiger partial charge in [0.2, 0.25) is 5.91 Å². The summed E-state index contributed by atoms with van der Waals surface area (Å²) in [6.45, 7) is 3.81. The van der Waals surface area contributed by atoms with Crippen molar-refractivity contribution in [2.24, 2.45) is 0 Å². The van der Waals surface area contributed by atoms with Crippen LogP contribution in [-0.4, -0.2) is 47.4 Å². The van der Waals surface area contributed by atoms with Crippen molar-refractivity contribution in [1.29, 1.82) is 0 Å². The summed E-state index contributed by atoms with van der Waals surface area (Å²) in [5.74, 6) is -0.997. The van der Waals surface area contributed by atoms with E-state index in [9.17, 15) is 14.0 Å². The lowest BCUT2D eigenvalue weighted by Crippen LogP contribution is -2.45. The highest BCUT2D eigenvalue weighted by atomic mass is 32.1. The third-order valence-electron chi connectivity index (χ3n) is 6.00. The smallest absolute Gasteiger partial charge is 0.254 e. The number of carbonyl (C=O) groups excluding carboxylic acids is 2. The van der Waals surface area contributed by atoms with E-state index < -0.39 is 5.82 Å². The molecule has 0 bridgehead atoms. The zero-order valence-corrected chi connectivity index (χ0v) is 20.1. The predicted molar refractivity (Wildman–Crippen MR) is 131 cm³/mol. The first-order valence-electron chi connectivity index (χ1n) is 11.5. The third kappa shape index (κ3) is 6.30. The van der Waals surface area contributed by atoms with Gasteiger partial charge in [-0.3, -0.25) is 9.59 Å². The van der Waals surface area contributed by atoms with Crippen molar-refractivity contribution < 1.29 is 18.7 Å². The first-order valence-corrected chi connectivity index (χ1v) is 12.4. The monoisotopic (exact) mass is 480 g/mol. The van der Waals surface area contributed by atoms with Crippen LogP contribution in [0, 0.1) is 12.7 Å². The van der Waals surface area contributed by atoms with Gasteiger partial charge in [0.05, 0.1) is 12.6 Å². The second-order valence-electron chi connectivity index (χ2n) is 8.59. The van der Waals surface area contributed by atoms with Gasteiger partial charge in [-0.05, 0) is 60.5 Å². The lowest BCUT2D eigenvalue weighted by molar-refractivity contribution is -0.133. The van der Waals surface area contributed by atoms with E-state index in [1.165, 1.54) is 23.1 Å². The van der Waals surface area contributed by atoms with Crippen LogP contribution in [0.2, 0.25) is 0 Å². The van der Waals surface area contributed by atoms with Crippen molar-refractivity contribution in [2.45, 2.75) is 39.0 Å². The highest BCUT2D eigenvalue weighted by molar-refractivity contribution is 7.10. The maximum absolute atomic E-state index is 13.8. The molecule has 1 saturated heterocycles. The molecule has 178 valence electrons. The van der Waals surface area contributed by atoms with Gasteiger partial charge >= 0.3 is 0 Å². The third-order valence-corrected chi connectivity index (χ3v) is 7.01. The zero-order chi connectivity index (χ0) is 23.9. The van der Waals surface area contributed by atoms with Gasteiger partial charge in [-0.1, -0.05) is 36.4 Å². The molecule has 1 aliphatic rings. The lowest BCUT2D eigenvalue weighted by Gasteiger charge is -2.29. The van der Waals surface area contributed by atoms with E-state index in [4.69, 9.17) is 4.74 Å². The Hall–Kier alpha value is -3.03. The fourth-order valence-corrected chi connectivity index (χ4v) is 5.02. The maximum Gasteiger partial charge on any atom is 0.254 e. The summed E-state index contributed by atoms with van der Waals surface area (Å²) in [4.78, 5) is 31.3. The fourth-order valence-electron chi connectivity index (χ4n) is 4.10. The summed E-state index contributed by atoms with van der Waals surface area (Å²) >= 11 is 1.62. The minimum atomic E-state index is -0.479. The number of hydrogen-bond donors (Lipinski definition) is 0. The van der Waals surface area contributed by atoms with Crippen molar-refractivity contribution in [3.05, 3.63) is 93.4 Å². The molecule has 0 saturated carbocycles. The Morgan fingerprint density at radius 3 is 2.56 bits per heavy atom. The van der Waals surface area contributed by atoms with E-state index in [0.717, 1.165) is 28.8 Å². The molecule has 0 N–H and O–H groups in total. The maximum atomic E-state index is 13.8. The topological polar surface area (TPSA) is 49.9 Å². The predicted octanol–water partition coefficient (Wildman–Crippen LogP) is 5.05. The molecule has 34 heavy (non-hydrogen) atoms. The second kappa shape index (κ2) is 11.4. The number of hydrogen-bond acceptors (Lipinski definition) is 4. The first-order chi connectivity index (χ1) is 16.5. The average molecular weight is 481 g/mol. The average Bonchev–Trinajstić information content (AvgIpc) is 3.50. The molecule has 3 aromatic rings. The molecular weight excluding hydrogens is 451 g/mol. The summed E-state index contributed by atoms with van der Waals surface area (Å²) in [6.07, 6.45) is 1.65. The number of ether oxygens (including phenoxy) is 1. The number of rotatable bonds is 9. The SMILES string of the molecule is Cc1ccsc1CN(Cc1ccccc1)C(=O)CN(C[C@H]1CCCO1)C(=O)c1cccc(F)c1. The van der Waals surface area contributed by atoms with Crippen molar-refractivity contribution in [1.82, 2.24) is 9.80 Å². The summed E-state index contributed by atoms with van der Waals surface area (Å²) in [6, 6.07) is 17.5. The van der Waals surface area contributed by atoms with Gasteiger partial charge in [-0.15, -0.1) is 11.3 Å². The highest BCUT2D eigenvalue weighted by Crippen LogP contribution is 2.21. The Bertz CT molecular complexity index is 1110. The van der Waals surface area contributed by atoms with E-state index in [0.29, 0.717) is 26.2 Å². The summed E-state index contributed by atoms with van der Waals surface area (Å²) in [5, 5.41) is 2.02. The van der Waals surface area contributed by atoms with E-state index >= 15 is 0 Å². The van der Waals surface area contributed by atoms with Crippen LogP contribution in [0.4, 0.5) is 4.39 Å². The number of aryl methyl sites for hydroxylation is 1. The minimum absolute atomic E-state index is 0.0908. The highest BCUT2D eigenvalue weighted by Gasteiger charge is 2.27. The van der Waals surface area contributed by atoms with Crippen molar-refractivity contribution in [3.63, 3.8) is 0 Å². The van der Waals surface area contributed by atoms with Gasteiger partial charge in [0, 0.05) is 30.1 Å². The molecule has 1 atom stereocenters. The largest absolute Gasteiger partial charge is 0.376 e. The molecule has 0 spiro atoms. The second-order valence-corrected chi connectivity index (χ2v) is 9.59. The zero-order valence-electron chi connectivity index (χ0n) is 19.3. The minimum Gasteiger partial charge on any atom is -0.376 e. The normalized spacial score (nSPS) is 15.3. The standard InChI is InChI=1S/C27H29FN2O3S/c1-20-12-14-34-25(20)18-29(16-21-7-3-2-4-8-21)26(31)19-30(17-24-11-6-13-33-24)27(32)22-9-5-10-23(28)15-22/h2-5,7-10,12,14-15,24H,6,11,13,16-19H2,1H3/t24-/m1/s1. The Balaban J connectivity index is 1.56. The molecule has 1 aliphatic heterocycles. The van der Waals surface area contributed by atoms with E-state index in [-0.39, 0.29) is 30.0 Å². The number of amides is 2. The van der Waals surface area contributed by atoms with E-state index in [1.54, 1.807) is 22.3 Å². The van der Waals surface area contributed by atoms with Crippen LogP contribution in [0.15, 0.2) is 66.0 Å². The molecule has 0 unspecified atom stereocenters. The molecule has 0 aliphatic carbocycles. The number of thiophene rings is 1. The molecule has 2 aromatic carbocycles. The van der Waals surface area contributed by atoms with Crippen LogP contribution in [-0.2, 0) is 22.6 Å². The van der Waals surface area contributed by atoms with Gasteiger partial charge in [-0.25, -0.2) is 4.39 Å². The quantitative estimate of drug-likeness (QED) is 0.431. The molecule has 1 fully saturated rings. The van der Waals surface area contributed by atoms with Gasteiger partial charge in [0.1, 0.15) is 12.4 Å². The molecule has 1 aromatic heterocycles. The number of carbonyl (C=O) groups is 2. The Morgan fingerprint density at radius 1 is 1.06 bits per heavy atom. The van der Waals surface area contributed by atoms with Crippen LogP contribution >= 0.6 is 11.3 Å². The summed E-state index contributed by atoms with van der Waals surface area (Å²) in [7, 11) is 0. The molecule has 0 radical (unpaired) electrons. The molecule has 5 nitrogen and oxygen atoms in total. The van der Waals surface area contributed by atoms with Gasteiger partial charge in [0.25, 0.3) is 5.91 Å². The molecule has 2 amide bonds. The van der Waals surface area contributed by atoms with Crippen LogP contribution in [0.25, 0.3) is 0 Å². The van der Waals surface area contributed by atoms with Crippen LogP contribution in [0.5, 0.6) is 0 Å². The van der Waals surface area contributed by atoms with Crippen LogP contribution in [0.3, 0.4) is 0 Å². The van der Waals surface area contributed by atoms with Gasteiger partial charge in [-0.2, -0.15) is 0 Å². The van der Waals surface area contributed by atoms with Crippen molar-refractivity contribution in [2.75, 3.05) is 19.7 Å². The first kappa shape index (κ1) is 24.1. The molecule has 4 rings (SSSR count). The Labute approximate surface area is 203 Å². The van der Waals surface area contributed by atoms with Crippen LogP contribution in [0.1, 0.15) is 39.2 Å². The number of halogens is 1. The van der Waals surface area contributed by atoms with E-state index in [2.05, 4.69) is 0 Å². The van der Waals surface area contributed by atoms with Crippen molar-refractivity contribution >= 4 is 23.2 Å². The molecule has 7 heteroatoms. The van der Waals surface area contributed by atoms with Crippen molar-refractivity contribution in [3.8, 4) is 0 Å². The fraction of sp³-hybridized carbons (Fsp3) is 0.333. The lowest BCUT2D eigenvalue weighted by atomic mass is 10.1. The molecular formula is C27H29FN2O3S. The number of benzene rings is 2. The molecule has 2 heterocycles. The number of nitrogens with zero attached hydrogens (tertiary/aromatic N) is 2. The Kier molecular flexibility index (Phi) is 8.08. The van der Waals surface area contributed by atoms with E-state index in [1.807, 2.05) is 48.7 Å². The Morgan fingerprint density at radius 2 is 1.88 bits per heavy atom. The van der Waals surface area contributed by atoms with Gasteiger partial charge in [0.15, 0.2) is 0 Å². The summed E-state index contributed by atoms with van der Waals surface area (Å²) < 4.78 is 19.5. The van der Waals surface area contributed by atoms with Crippen LogP contribution < -0.4 is 0 Å². The summed E-state index contributed by atoms with van der Waals surface area (Å²) in [5.41, 5.74) is 2.39. The van der Waals surface area contributed by atoms with Gasteiger partial charge < -0.3 is 14.5 Å².